The highest BCUT2D eigenvalue weighted by Crippen LogP contribution is 2.42. The normalized spacial score (nSPS) is 37.6. The Hall–Kier alpha value is -0.593. The van der Waals surface area contributed by atoms with Crippen molar-refractivity contribution in [2.45, 2.75) is 82.2 Å². The van der Waals surface area contributed by atoms with Gasteiger partial charge in [-0.15, -0.1) is 0 Å². The summed E-state index contributed by atoms with van der Waals surface area (Å²) in [5.74, 6) is 0. The van der Waals surface area contributed by atoms with Crippen LogP contribution in [0, 0.1) is 0 Å². The van der Waals surface area contributed by atoms with Crippen molar-refractivity contribution < 1.29 is 14.3 Å². The van der Waals surface area contributed by atoms with Crippen LogP contribution < -0.4 is 0 Å². The highest BCUT2D eigenvalue weighted by Gasteiger charge is 2.52. The van der Waals surface area contributed by atoms with Crippen LogP contribution in [0.15, 0.2) is 5.11 Å². The lowest BCUT2D eigenvalue weighted by molar-refractivity contribution is -0.140. The number of aliphatic hydroxyl groups excluding tert-OH is 1. The second kappa shape index (κ2) is 5.31. The number of ether oxygens (including phenoxy) is 1. The maximum atomic E-state index is 10.5. The molecule has 0 aromatic rings. The van der Waals surface area contributed by atoms with Crippen LogP contribution in [0.3, 0.4) is 0 Å². The first-order chi connectivity index (χ1) is 9.17. The van der Waals surface area contributed by atoms with Crippen molar-refractivity contribution in [3.63, 3.8) is 0 Å². The molecule has 0 amide bonds. The SMILES string of the molecule is CC(C)(C)[Si](C)(C)O[C@H]1C(O)C(N=[N+]=[N-])C2CC[C@H]1O2. The van der Waals surface area contributed by atoms with Gasteiger partial charge in [0.25, 0.3) is 0 Å². The summed E-state index contributed by atoms with van der Waals surface area (Å²) in [6.45, 7) is 10.8. The highest BCUT2D eigenvalue weighted by atomic mass is 28.4. The van der Waals surface area contributed by atoms with E-state index in [-0.39, 0.29) is 23.4 Å². The van der Waals surface area contributed by atoms with Crippen LogP contribution in [-0.4, -0.2) is 43.9 Å². The molecule has 2 saturated heterocycles. The summed E-state index contributed by atoms with van der Waals surface area (Å²) in [4.78, 5) is 2.85. The fourth-order valence-corrected chi connectivity index (χ4v) is 4.01. The van der Waals surface area contributed by atoms with Gasteiger partial charge in [0.2, 0.25) is 0 Å². The molecule has 2 heterocycles. The van der Waals surface area contributed by atoms with Crippen molar-refractivity contribution in [2.75, 3.05) is 0 Å². The Kier molecular flexibility index (Phi) is 4.19. The van der Waals surface area contributed by atoms with E-state index < -0.39 is 20.5 Å². The summed E-state index contributed by atoms with van der Waals surface area (Å²) in [6, 6.07) is -0.534. The minimum atomic E-state index is -2.00. The number of hydrogen-bond donors (Lipinski definition) is 1. The molecule has 2 aliphatic heterocycles. The molecule has 2 rings (SSSR count). The largest absolute Gasteiger partial charge is 0.409 e. The van der Waals surface area contributed by atoms with Gasteiger partial charge in [-0.1, -0.05) is 25.9 Å². The molecule has 7 heteroatoms. The average Bonchev–Trinajstić information content (AvgIpc) is 2.75. The first-order valence-electron chi connectivity index (χ1n) is 7.23. The minimum absolute atomic E-state index is 0.0656. The van der Waals surface area contributed by atoms with Gasteiger partial charge in [-0.05, 0) is 36.5 Å². The predicted octanol–water partition coefficient (Wildman–Crippen LogP) is 2.98. The van der Waals surface area contributed by atoms with Crippen molar-refractivity contribution in [3.8, 4) is 0 Å². The average molecular weight is 299 g/mol. The van der Waals surface area contributed by atoms with Crippen LogP contribution in [0.5, 0.6) is 0 Å². The Labute approximate surface area is 121 Å². The van der Waals surface area contributed by atoms with Gasteiger partial charge in [-0.25, -0.2) is 0 Å². The zero-order chi connectivity index (χ0) is 15.1. The zero-order valence-corrected chi connectivity index (χ0v) is 13.9. The quantitative estimate of drug-likeness (QED) is 0.376. The van der Waals surface area contributed by atoms with Gasteiger partial charge in [-0.2, -0.15) is 0 Å². The Morgan fingerprint density at radius 3 is 2.45 bits per heavy atom. The Morgan fingerprint density at radius 2 is 1.90 bits per heavy atom. The summed E-state index contributed by atoms with van der Waals surface area (Å²) in [6.07, 6.45) is 0.289. The lowest BCUT2D eigenvalue weighted by atomic mass is 9.99. The van der Waals surface area contributed by atoms with Gasteiger partial charge in [-0.3, -0.25) is 0 Å². The molecule has 2 bridgehead atoms. The lowest BCUT2D eigenvalue weighted by Crippen LogP contribution is -2.58. The van der Waals surface area contributed by atoms with Gasteiger partial charge in [0.1, 0.15) is 0 Å². The summed E-state index contributed by atoms with van der Waals surface area (Å²) in [7, 11) is -2.00. The van der Waals surface area contributed by atoms with Gasteiger partial charge in [0, 0.05) is 4.91 Å². The highest BCUT2D eigenvalue weighted by molar-refractivity contribution is 6.74. The van der Waals surface area contributed by atoms with Crippen LogP contribution >= 0.6 is 0 Å². The second-order valence-corrected chi connectivity index (χ2v) is 12.1. The monoisotopic (exact) mass is 299 g/mol. The number of nitrogens with zero attached hydrogens (tertiary/aromatic N) is 3. The number of rotatable bonds is 3. The molecule has 0 aliphatic carbocycles. The molecule has 5 atom stereocenters. The van der Waals surface area contributed by atoms with Crippen LogP contribution in [0.2, 0.25) is 18.1 Å². The van der Waals surface area contributed by atoms with Gasteiger partial charge in [0.05, 0.1) is 30.5 Å². The summed E-state index contributed by atoms with van der Waals surface area (Å²) in [5, 5.41) is 14.3. The molecule has 0 aromatic heterocycles. The third-order valence-corrected chi connectivity index (χ3v) is 9.41. The first kappa shape index (κ1) is 15.8. The van der Waals surface area contributed by atoms with E-state index in [1.807, 2.05) is 0 Å². The number of hydrogen-bond acceptors (Lipinski definition) is 4. The summed E-state index contributed by atoms with van der Waals surface area (Å²) >= 11 is 0. The molecule has 3 unspecified atom stereocenters. The van der Waals surface area contributed by atoms with E-state index in [1.165, 1.54) is 0 Å². The number of aliphatic hydroxyl groups is 1. The first-order valence-corrected chi connectivity index (χ1v) is 10.1. The zero-order valence-electron chi connectivity index (χ0n) is 12.9. The molecule has 20 heavy (non-hydrogen) atoms. The fourth-order valence-electron chi connectivity index (χ4n) is 2.68. The van der Waals surface area contributed by atoms with Crippen molar-refractivity contribution >= 4 is 8.32 Å². The van der Waals surface area contributed by atoms with E-state index in [1.54, 1.807) is 0 Å². The third-order valence-electron chi connectivity index (χ3n) is 4.94. The molecule has 114 valence electrons. The van der Waals surface area contributed by atoms with Gasteiger partial charge < -0.3 is 14.3 Å². The number of azide groups is 1. The van der Waals surface area contributed by atoms with E-state index in [4.69, 9.17) is 14.7 Å². The lowest BCUT2D eigenvalue weighted by Gasteiger charge is -2.45. The van der Waals surface area contributed by atoms with Gasteiger partial charge >= 0.3 is 0 Å². The Balaban J connectivity index is 2.20. The maximum absolute atomic E-state index is 10.5. The van der Waals surface area contributed by atoms with Crippen molar-refractivity contribution in [2.24, 2.45) is 5.11 Å². The second-order valence-electron chi connectivity index (χ2n) is 7.32. The van der Waals surface area contributed by atoms with Crippen molar-refractivity contribution in [3.05, 3.63) is 10.4 Å². The Bertz CT molecular complexity index is 418. The van der Waals surface area contributed by atoms with E-state index >= 15 is 0 Å². The molecule has 0 spiro atoms. The van der Waals surface area contributed by atoms with Crippen molar-refractivity contribution in [1.82, 2.24) is 0 Å². The fraction of sp³-hybridized carbons (Fsp3) is 1.00. The topological polar surface area (TPSA) is 87.5 Å². The smallest absolute Gasteiger partial charge is 0.192 e. The molecule has 0 aromatic carbocycles. The molecule has 0 radical (unpaired) electrons. The van der Waals surface area contributed by atoms with Crippen LogP contribution in [0.25, 0.3) is 10.4 Å². The third kappa shape index (κ3) is 2.73. The van der Waals surface area contributed by atoms with E-state index in [0.29, 0.717) is 0 Å². The molecule has 1 N–H and O–H groups in total. The van der Waals surface area contributed by atoms with E-state index in [9.17, 15) is 5.11 Å². The van der Waals surface area contributed by atoms with Crippen molar-refractivity contribution in [1.29, 1.82) is 0 Å². The molecular weight excluding hydrogens is 274 g/mol. The standard InChI is InChI=1S/C13H25N3O3Si/c1-13(2,3)20(4,5)19-12-9-7-6-8(18-9)10(11(12)17)15-16-14/h8-12,17H,6-7H2,1-5H3/t8?,9-,10?,11?,12-/m1/s1. The summed E-state index contributed by atoms with van der Waals surface area (Å²) in [5.41, 5.74) is 8.67. The van der Waals surface area contributed by atoms with Crippen LogP contribution in [0.4, 0.5) is 0 Å². The molecule has 2 aliphatic rings. The molecule has 6 nitrogen and oxygen atoms in total. The van der Waals surface area contributed by atoms with Crippen LogP contribution in [-0.2, 0) is 9.16 Å². The Morgan fingerprint density at radius 1 is 1.30 bits per heavy atom. The van der Waals surface area contributed by atoms with Gasteiger partial charge in [0.15, 0.2) is 8.32 Å². The maximum Gasteiger partial charge on any atom is 0.192 e. The molecular formula is C13H25N3O3Si. The minimum Gasteiger partial charge on any atom is -0.409 e. The molecule has 0 saturated carbocycles. The number of fused-ring (bicyclic) bond motifs is 2. The van der Waals surface area contributed by atoms with E-state index in [0.717, 1.165) is 12.8 Å². The van der Waals surface area contributed by atoms with E-state index in [2.05, 4.69) is 43.9 Å². The van der Waals surface area contributed by atoms with Crippen LogP contribution in [0.1, 0.15) is 33.6 Å². The molecule has 2 fully saturated rings. The predicted molar refractivity (Wildman–Crippen MR) is 78.9 cm³/mol. The summed E-state index contributed by atoms with van der Waals surface area (Å²) < 4.78 is 12.2.